The molecule has 0 saturated heterocycles. The Hall–Kier alpha value is -1.39. The van der Waals surface area contributed by atoms with Crippen molar-refractivity contribution in [2.75, 3.05) is 45.7 Å². The van der Waals surface area contributed by atoms with Crippen molar-refractivity contribution in [1.29, 1.82) is 0 Å². The van der Waals surface area contributed by atoms with Gasteiger partial charge in [0, 0.05) is 31.7 Å². The van der Waals surface area contributed by atoms with E-state index in [1.165, 1.54) is 0 Å². The van der Waals surface area contributed by atoms with Crippen LogP contribution in [0.25, 0.3) is 0 Å². The lowest BCUT2D eigenvalue weighted by Gasteiger charge is -2.24. The zero-order valence-electron chi connectivity index (χ0n) is 11.5. The van der Waals surface area contributed by atoms with Crippen LogP contribution in [0.1, 0.15) is 6.42 Å². The number of hydrogen-bond donors (Lipinski definition) is 1. The number of hydrogen-bond acceptors (Lipinski definition) is 3. The van der Waals surface area contributed by atoms with Gasteiger partial charge in [0.15, 0.2) is 0 Å². The number of nitrogens with zero attached hydrogens (tertiary/aromatic N) is 2. The van der Waals surface area contributed by atoms with E-state index in [0.717, 1.165) is 18.8 Å². The maximum absolute atomic E-state index is 12.2. The topological polar surface area (TPSA) is 35.6 Å². The molecule has 0 bridgehead atoms. The van der Waals surface area contributed by atoms with Gasteiger partial charge in [-0.2, -0.15) is 0 Å². The van der Waals surface area contributed by atoms with Gasteiger partial charge in [-0.05, 0) is 33.3 Å². The number of para-hydroxylation sites is 1. The monoisotopic (exact) mass is 249 g/mol. The van der Waals surface area contributed by atoms with Gasteiger partial charge in [0.2, 0.25) is 5.91 Å². The van der Waals surface area contributed by atoms with E-state index in [9.17, 15) is 4.79 Å². The summed E-state index contributed by atoms with van der Waals surface area (Å²) in [6, 6.07) is 9.85. The predicted octanol–water partition coefficient (Wildman–Crippen LogP) is 1.19. The van der Waals surface area contributed by atoms with E-state index < -0.39 is 0 Å². The lowest BCUT2D eigenvalue weighted by molar-refractivity contribution is -0.118. The fourth-order valence-corrected chi connectivity index (χ4v) is 1.67. The van der Waals surface area contributed by atoms with Crippen molar-refractivity contribution in [3.05, 3.63) is 30.3 Å². The van der Waals surface area contributed by atoms with Gasteiger partial charge in [-0.1, -0.05) is 18.2 Å². The number of anilines is 1. The Balaban J connectivity index is 2.71. The Labute approximate surface area is 110 Å². The molecule has 1 rings (SSSR count). The second kappa shape index (κ2) is 7.84. The highest BCUT2D eigenvalue weighted by molar-refractivity contribution is 5.93. The second-order valence-electron chi connectivity index (χ2n) is 4.54. The van der Waals surface area contributed by atoms with Crippen molar-refractivity contribution in [3.8, 4) is 0 Å². The van der Waals surface area contributed by atoms with Gasteiger partial charge in [-0.3, -0.25) is 4.79 Å². The van der Waals surface area contributed by atoms with E-state index >= 15 is 0 Å². The molecule has 0 aliphatic carbocycles. The molecule has 0 unspecified atom stereocenters. The number of carbonyl (C=O) groups is 1. The molecule has 0 spiro atoms. The molecule has 0 aromatic heterocycles. The highest BCUT2D eigenvalue weighted by atomic mass is 16.2. The maximum Gasteiger partial charge on any atom is 0.228 e. The minimum Gasteiger partial charge on any atom is -0.319 e. The molecule has 0 radical (unpaired) electrons. The first kappa shape index (κ1) is 14.7. The molecule has 4 heteroatoms. The molecular formula is C14H23N3O. The third-order valence-electron chi connectivity index (χ3n) is 2.73. The summed E-state index contributed by atoms with van der Waals surface area (Å²) in [5.41, 5.74) is 0.973. The Bertz CT molecular complexity index is 351. The molecular weight excluding hydrogens is 226 g/mol. The minimum absolute atomic E-state index is 0.164. The molecule has 1 aromatic carbocycles. The average molecular weight is 249 g/mol. The van der Waals surface area contributed by atoms with Gasteiger partial charge < -0.3 is 15.1 Å². The van der Waals surface area contributed by atoms with E-state index in [1.54, 1.807) is 0 Å². The predicted molar refractivity (Wildman–Crippen MR) is 75.9 cm³/mol. The van der Waals surface area contributed by atoms with Crippen LogP contribution in [0, 0.1) is 0 Å². The highest BCUT2D eigenvalue weighted by Gasteiger charge is 2.14. The van der Waals surface area contributed by atoms with Crippen LogP contribution in [-0.4, -0.2) is 51.6 Å². The number of nitrogens with one attached hydrogen (secondary N) is 1. The normalized spacial score (nSPS) is 10.7. The maximum atomic E-state index is 12.2. The minimum atomic E-state index is 0.164. The first-order valence-electron chi connectivity index (χ1n) is 6.30. The van der Waals surface area contributed by atoms with Crippen molar-refractivity contribution < 1.29 is 4.79 Å². The van der Waals surface area contributed by atoms with E-state index in [0.29, 0.717) is 13.0 Å². The van der Waals surface area contributed by atoms with Crippen LogP contribution < -0.4 is 10.2 Å². The Morgan fingerprint density at radius 2 is 1.83 bits per heavy atom. The molecule has 18 heavy (non-hydrogen) atoms. The fraction of sp³-hybridized carbons (Fsp3) is 0.500. The standard InChI is InChI=1S/C14H23N3O/c1-15-10-9-14(18)17(12-11-16(2)3)13-7-5-4-6-8-13/h4-8,15H,9-12H2,1-3H3. The van der Waals surface area contributed by atoms with Gasteiger partial charge >= 0.3 is 0 Å². The van der Waals surface area contributed by atoms with Crippen molar-refractivity contribution in [3.63, 3.8) is 0 Å². The van der Waals surface area contributed by atoms with Crippen LogP contribution >= 0.6 is 0 Å². The summed E-state index contributed by atoms with van der Waals surface area (Å²) >= 11 is 0. The molecule has 4 nitrogen and oxygen atoms in total. The van der Waals surface area contributed by atoms with Crippen molar-refractivity contribution in [2.45, 2.75) is 6.42 Å². The van der Waals surface area contributed by atoms with E-state index in [-0.39, 0.29) is 5.91 Å². The summed E-state index contributed by atoms with van der Waals surface area (Å²) in [7, 11) is 5.89. The molecule has 1 N–H and O–H groups in total. The molecule has 100 valence electrons. The van der Waals surface area contributed by atoms with Crippen molar-refractivity contribution >= 4 is 11.6 Å². The number of rotatable bonds is 7. The van der Waals surface area contributed by atoms with Gasteiger partial charge in [-0.25, -0.2) is 0 Å². The van der Waals surface area contributed by atoms with Crippen LogP contribution in [0.5, 0.6) is 0 Å². The largest absolute Gasteiger partial charge is 0.319 e. The molecule has 0 atom stereocenters. The van der Waals surface area contributed by atoms with Crippen LogP contribution in [0.2, 0.25) is 0 Å². The van der Waals surface area contributed by atoms with Gasteiger partial charge in [0.1, 0.15) is 0 Å². The summed E-state index contributed by atoms with van der Waals surface area (Å²) in [4.78, 5) is 16.1. The molecule has 0 heterocycles. The molecule has 0 saturated carbocycles. The average Bonchev–Trinajstić information content (AvgIpc) is 2.37. The summed E-state index contributed by atoms with van der Waals surface area (Å²) in [5.74, 6) is 0.164. The summed E-state index contributed by atoms with van der Waals surface area (Å²) in [6.45, 7) is 2.30. The zero-order valence-corrected chi connectivity index (χ0v) is 11.5. The number of benzene rings is 1. The summed E-state index contributed by atoms with van der Waals surface area (Å²) in [5, 5.41) is 3.01. The number of likely N-dealkylation sites (N-methyl/N-ethyl adjacent to an activating group) is 1. The molecule has 0 aliphatic rings. The summed E-state index contributed by atoms with van der Waals surface area (Å²) < 4.78 is 0. The first-order valence-corrected chi connectivity index (χ1v) is 6.30. The smallest absolute Gasteiger partial charge is 0.228 e. The van der Waals surface area contributed by atoms with Gasteiger partial charge in [0.25, 0.3) is 0 Å². The van der Waals surface area contributed by atoms with E-state index in [2.05, 4.69) is 10.2 Å². The lowest BCUT2D eigenvalue weighted by atomic mass is 10.2. The SMILES string of the molecule is CNCCC(=O)N(CCN(C)C)c1ccccc1. The molecule has 0 aliphatic heterocycles. The Morgan fingerprint density at radius 1 is 1.17 bits per heavy atom. The van der Waals surface area contributed by atoms with Crippen LogP contribution in [0.4, 0.5) is 5.69 Å². The fourth-order valence-electron chi connectivity index (χ4n) is 1.67. The van der Waals surface area contributed by atoms with E-state index in [1.807, 2.05) is 56.4 Å². The van der Waals surface area contributed by atoms with Crippen LogP contribution in [-0.2, 0) is 4.79 Å². The molecule has 1 amide bonds. The third-order valence-corrected chi connectivity index (χ3v) is 2.73. The number of carbonyl (C=O) groups excluding carboxylic acids is 1. The second-order valence-corrected chi connectivity index (χ2v) is 4.54. The van der Waals surface area contributed by atoms with Crippen molar-refractivity contribution in [2.24, 2.45) is 0 Å². The lowest BCUT2D eigenvalue weighted by Crippen LogP contribution is -2.37. The highest BCUT2D eigenvalue weighted by Crippen LogP contribution is 2.14. The van der Waals surface area contributed by atoms with Gasteiger partial charge in [0.05, 0.1) is 0 Å². The molecule has 0 fully saturated rings. The number of amides is 1. The van der Waals surface area contributed by atoms with Crippen molar-refractivity contribution in [1.82, 2.24) is 10.2 Å². The molecule has 1 aromatic rings. The Kier molecular flexibility index (Phi) is 6.39. The third kappa shape index (κ3) is 4.85. The van der Waals surface area contributed by atoms with E-state index in [4.69, 9.17) is 0 Å². The first-order chi connectivity index (χ1) is 8.65. The van der Waals surface area contributed by atoms with Gasteiger partial charge in [-0.15, -0.1) is 0 Å². The zero-order chi connectivity index (χ0) is 13.4. The quantitative estimate of drug-likeness (QED) is 0.788. The Morgan fingerprint density at radius 3 is 2.39 bits per heavy atom. The van der Waals surface area contributed by atoms with Crippen LogP contribution in [0.3, 0.4) is 0 Å². The summed E-state index contributed by atoms with van der Waals surface area (Å²) in [6.07, 6.45) is 0.527. The van der Waals surface area contributed by atoms with Crippen LogP contribution in [0.15, 0.2) is 30.3 Å².